The number of carbonyl (C=O) groups excluding carboxylic acids is 1. The van der Waals surface area contributed by atoms with Gasteiger partial charge in [0.2, 0.25) is 5.91 Å². The van der Waals surface area contributed by atoms with Crippen LogP contribution in [0.15, 0.2) is 35.2 Å². The Morgan fingerprint density at radius 2 is 2.00 bits per heavy atom. The van der Waals surface area contributed by atoms with E-state index in [0.717, 1.165) is 24.1 Å². The first-order chi connectivity index (χ1) is 11.6. The predicted molar refractivity (Wildman–Crippen MR) is 92.4 cm³/mol. The largest absolute Gasteiger partial charge is 0.478 e. The molecule has 1 fully saturated rings. The van der Waals surface area contributed by atoms with Crippen LogP contribution in [0, 0.1) is 0 Å². The number of aryl methyl sites for hydroxylation is 1. The summed E-state index contributed by atoms with van der Waals surface area (Å²) in [7, 11) is 0. The number of likely N-dealkylation sites (tertiary alicyclic amines) is 1. The summed E-state index contributed by atoms with van der Waals surface area (Å²) in [6, 6.07) is 7.19. The number of aromatic nitrogens is 1. The Balaban J connectivity index is 1.56. The van der Waals surface area contributed by atoms with Crippen molar-refractivity contribution >= 4 is 23.2 Å². The molecule has 1 N–H and O–H groups in total. The Morgan fingerprint density at radius 3 is 2.67 bits per heavy atom. The summed E-state index contributed by atoms with van der Waals surface area (Å²) >= 11 is 1.54. The van der Waals surface area contributed by atoms with Gasteiger partial charge >= 0.3 is 5.97 Å². The number of carboxylic acid groups (broad SMARTS) is 1. The molecule has 0 radical (unpaired) electrons. The van der Waals surface area contributed by atoms with Crippen molar-refractivity contribution in [3.63, 3.8) is 0 Å². The molecule has 0 unspecified atom stereocenters. The molecule has 2 heterocycles. The number of hydrogen-bond donors (Lipinski definition) is 1. The van der Waals surface area contributed by atoms with E-state index in [-0.39, 0.29) is 11.8 Å². The van der Waals surface area contributed by atoms with Crippen molar-refractivity contribution in [3.05, 3.63) is 52.0 Å². The predicted octanol–water partition coefficient (Wildman–Crippen LogP) is 3.18. The number of amides is 1. The molecule has 0 bridgehead atoms. The highest BCUT2D eigenvalue weighted by atomic mass is 32.1. The van der Waals surface area contributed by atoms with Crippen molar-refractivity contribution in [1.29, 1.82) is 0 Å². The van der Waals surface area contributed by atoms with Crippen LogP contribution in [0.5, 0.6) is 0 Å². The Morgan fingerprint density at radius 1 is 1.25 bits per heavy atom. The molecule has 24 heavy (non-hydrogen) atoms. The number of hydrogen-bond acceptors (Lipinski definition) is 4. The van der Waals surface area contributed by atoms with Gasteiger partial charge in [0.25, 0.3) is 0 Å². The molecule has 1 amide bonds. The van der Waals surface area contributed by atoms with Crippen molar-refractivity contribution in [2.45, 2.75) is 31.6 Å². The van der Waals surface area contributed by atoms with Crippen molar-refractivity contribution in [2.24, 2.45) is 0 Å². The van der Waals surface area contributed by atoms with Gasteiger partial charge in [-0.05, 0) is 36.8 Å². The molecule has 1 aromatic carbocycles. The molecule has 2 aromatic rings. The quantitative estimate of drug-likeness (QED) is 0.904. The molecule has 6 heteroatoms. The molecular formula is C18H20N2O3S. The highest BCUT2D eigenvalue weighted by Gasteiger charge is 2.26. The molecule has 0 spiro atoms. The minimum absolute atomic E-state index is 0.160. The van der Waals surface area contributed by atoms with Crippen LogP contribution in [0.25, 0.3) is 0 Å². The smallest absolute Gasteiger partial charge is 0.335 e. The summed E-state index contributed by atoms with van der Waals surface area (Å²) < 4.78 is 0. The fraction of sp³-hybridized carbons (Fsp3) is 0.389. The van der Waals surface area contributed by atoms with Gasteiger partial charge in [0.1, 0.15) is 0 Å². The van der Waals surface area contributed by atoms with Crippen molar-refractivity contribution < 1.29 is 14.7 Å². The topological polar surface area (TPSA) is 70.5 Å². The Bertz CT molecular complexity index is 707. The van der Waals surface area contributed by atoms with Gasteiger partial charge in [-0.2, -0.15) is 0 Å². The van der Waals surface area contributed by atoms with Gasteiger partial charge in [-0.25, -0.2) is 9.78 Å². The van der Waals surface area contributed by atoms with Crippen LogP contribution < -0.4 is 0 Å². The number of thiazole rings is 1. The van der Waals surface area contributed by atoms with E-state index in [1.165, 1.54) is 0 Å². The van der Waals surface area contributed by atoms with Crippen molar-refractivity contribution in [1.82, 2.24) is 9.88 Å². The average molecular weight is 344 g/mol. The van der Waals surface area contributed by atoms with Crippen LogP contribution in [-0.4, -0.2) is 40.0 Å². The normalized spacial score (nSPS) is 15.4. The van der Waals surface area contributed by atoms with Crippen LogP contribution >= 0.6 is 11.3 Å². The van der Waals surface area contributed by atoms with E-state index >= 15 is 0 Å². The second-order valence-corrected chi connectivity index (χ2v) is 6.75. The molecule has 5 nitrogen and oxygen atoms in total. The number of benzene rings is 1. The second kappa shape index (κ2) is 7.57. The molecule has 1 aromatic heterocycles. The van der Waals surface area contributed by atoms with Crippen LogP contribution in [0.3, 0.4) is 0 Å². The third-order valence-corrected chi connectivity index (χ3v) is 5.19. The monoisotopic (exact) mass is 344 g/mol. The van der Waals surface area contributed by atoms with Gasteiger partial charge in [-0.3, -0.25) is 4.79 Å². The maximum atomic E-state index is 12.3. The minimum atomic E-state index is -0.882. The zero-order valence-corrected chi connectivity index (χ0v) is 14.2. The van der Waals surface area contributed by atoms with E-state index in [4.69, 9.17) is 0 Å². The third-order valence-electron chi connectivity index (χ3n) is 4.56. The third kappa shape index (κ3) is 3.82. The molecule has 0 saturated carbocycles. The lowest BCUT2D eigenvalue weighted by atomic mass is 9.86. The molecular weight excluding hydrogens is 324 g/mol. The van der Waals surface area contributed by atoms with Crippen LogP contribution in [0.4, 0.5) is 0 Å². The van der Waals surface area contributed by atoms with E-state index < -0.39 is 5.97 Å². The lowest BCUT2D eigenvalue weighted by molar-refractivity contribution is -0.132. The molecule has 0 atom stereocenters. The standard InChI is InChI=1S/C18H20N2O3S/c21-17(6-5-14-11-24-12-19-14)20-9-7-13(8-10-20)15-3-1-2-4-16(15)18(22)23/h1-4,11-13H,5-10H2,(H,22,23). The summed E-state index contributed by atoms with van der Waals surface area (Å²) in [5.74, 6) is -0.514. The van der Waals surface area contributed by atoms with E-state index in [2.05, 4.69) is 4.98 Å². The Labute approximate surface area is 145 Å². The van der Waals surface area contributed by atoms with Crippen molar-refractivity contribution in [2.75, 3.05) is 13.1 Å². The molecule has 1 aliphatic rings. The zero-order chi connectivity index (χ0) is 16.9. The molecule has 3 rings (SSSR count). The number of aromatic carboxylic acids is 1. The van der Waals surface area contributed by atoms with Gasteiger partial charge in [0.15, 0.2) is 0 Å². The highest BCUT2D eigenvalue weighted by Crippen LogP contribution is 2.30. The average Bonchev–Trinajstić information content (AvgIpc) is 3.13. The fourth-order valence-corrected chi connectivity index (χ4v) is 3.83. The van der Waals surface area contributed by atoms with Crippen LogP contribution in [0.1, 0.15) is 46.8 Å². The Hall–Kier alpha value is -2.21. The summed E-state index contributed by atoms with van der Waals surface area (Å²) in [5.41, 5.74) is 4.02. The summed E-state index contributed by atoms with van der Waals surface area (Å²) in [5, 5.41) is 11.3. The summed E-state index contributed by atoms with van der Waals surface area (Å²) in [6.45, 7) is 1.38. The second-order valence-electron chi connectivity index (χ2n) is 6.03. The van der Waals surface area contributed by atoms with Crippen LogP contribution in [0.2, 0.25) is 0 Å². The number of piperidine rings is 1. The lowest BCUT2D eigenvalue weighted by Gasteiger charge is -2.32. The number of carboxylic acids is 1. The van der Waals surface area contributed by atoms with Gasteiger partial charge in [0, 0.05) is 24.9 Å². The maximum absolute atomic E-state index is 12.3. The molecule has 1 aliphatic heterocycles. The Kier molecular flexibility index (Phi) is 5.25. The van der Waals surface area contributed by atoms with E-state index in [1.807, 2.05) is 22.4 Å². The first-order valence-electron chi connectivity index (χ1n) is 8.12. The SMILES string of the molecule is O=C(O)c1ccccc1C1CCN(C(=O)CCc2cscn2)CC1. The molecule has 126 valence electrons. The number of rotatable bonds is 5. The summed E-state index contributed by atoms with van der Waals surface area (Å²) in [4.78, 5) is 29.8. The van der Waals surface area contributed by atoms with Crippen molar-refractivity contribution in [3.8, 4) is 0 Å². The van der Waals surface area contributed by atoms with Gasteiger partial charge in [-0.1, -0.05) is 18.2 Å². The van der Waals surface area contributed by atoms with Crippen LogP contribution in [-0.2, 0) is 11.2 Å². The minimum Gasteiger partial charge on any atom is -0.478 e. The fourth-order valence-electron chi connectivity index (χ4n) is 3.24. The summed E-state index contributed by atoms with van der Waals surface area (Å²) in [6.07, 6.45) is 2.80. The number of carbonyl (C=O) groups is 2. The molecule has 1 saturated heterocycles. The first-order valence-corrected chi connectivity index (χ1v) is 9.06. The lowest BCUT2D eigenvalue weighted by Crippen LogP contribution is -2.38. The molecule has 0 aliphatic carbocycles. The highest BCUT2D eigenvalue weighted by molar-refractivity contribution is 7.07. The maximum Gasteiger partial charge on any atom is 0.335 e. The first kappa shape index (κ1) is 16.6. The van der Waals surface area contributed by atoms with E-state index in [0.29, 0.717) is 31.5 Å². The van der Waals surface area contributed by atoms with E-state index in [1.54, 1.807) is 29.0 Å². The van der Waals surface area contributed by atoms with E-state index in [9.17, 15) is 14.7 Å². The zero-order valence-electron chi connectivity index (χ0n) is 13.4. The van der Waals surface area contributed by atoms with Gasteiger partial charge in [0.05, 0.1) is 16.8 Å². The van der Waals surface area contributed by atoms with Gasteiger partial charge in [-0.15, -0.1) is 11.3 Å². The number of nitrogens with zero attached hydrogens (tertiary/aromatic N) is 2. The van der Waals surface area contributed by atoms with Gasteiger partial charge < -0.3 is 10.0 Å².